The average Bonchev–Trinajstić information content (AvgIpc) is 2.50. The number of rotatable bonds is 2. The van der Waals surface area contributed by atoms with Crippen LogP contribution in [0.2, 0.25) is 0 Å². The molecular weight excluding hydrogens is 178 g/mol. The summed E-state index contributed by atoms with van der Waals surface area (Å²) in [6.07, 6.45) is 5.31. The summed E-state index contributed by atoms with van der Waals surface area (Å²) in [5, 5.41) is 6.20. The molecule has 2 fully saturated rings. The van der Waals surface area contributed by atoms with E-state index in [-0.39, 0.29) is 12.1 Å². The molecule has 0 aromatic carbocycles. The zero-order valence-electron chi connectivity index (χ0n) is 8.46. The molecule has 2 aliphatic rings. The van der Waals surface area contributed by atoms with E-state index in [9.17, 15) is 4.79 Å². The summed E-state index contributed by atoms with van der Waals surface area (Å²) in [6, 6.07) is 0.348. The Labute approximate surface area is 84.6 Å². The molecule has 0 aromatic heterocycles. The Kier molecular flexibility index (Phi) is 2.74. The van der Waals surface area contributed by atoms with Crippen LogP contribution in [0.3, 0.4) is 0 Å². The van der Waals surface area contributed by atoms with Crippen LogP contribution in [0.1, 0.15) is 25.7 Å². The van der Waals surface area contributed by atoms with E-state index >= 15 is 0 Å². The Morgan fingerprint density at radius 1 is 1.36 bits per heavy atom. The number of carbonyl (C=O) groups excluding carboxylic acids is 1. The van der Waals surface area contributed by atoms with Crippen LogP contribution in [0.5, 0.6) is 0 Å². The van der Waals surface area contributed by atoms with Gasteiger partial charge >= 0.3 is 0 Å². The first-order valence-electron chi connectivity index (χ1n) is 5.44. The van der Waals surface area contributed by atoms with Crippen molar-refractivity contribution in [2.75, 3.05) is 13.1 Å². The van der Waals surface area contributed by atoms with Crippen molar-refractivity contribution in [3.8, 4) is 0 Å². The summed E-state index contributed by atoms with van der Waals surface area (Å²) in [5.74, 6) is 0. The van der Waals surface area contributed by atoms with E-state index < -0.39 is 0 Å². The van der Waals surface area contributed by atoms with Crippen LogP contribution in [0.15, 0.2) is 0 Å². The third-order valence-electron chi connectivity index (χ3n) is 3.98. The molecular formula is C10H19N3O. The fourth-order valence-electron chi connectivity index (χ4n) is 3.00. The van der Waals surface area contributed by atoms with Crippen molar-refractivity contribution in [3.63, 3.8) is 0 Å². The highest BCUT2D eigenvalue weighted by atomic mass is 16.1. The van der Waals surface area contributed by atoms with Crippen LogP contribution >= 0.6 is 0 Å². The lowest BCUT2D eigenvalue weighted by molar-refractivity contribution is -0.110. The van der Waals surface area contributed by atoms with Crippen LogP contribution in [0.4, 0.5) is 0 Å². The van der Waals surface area contributed by atoms with Gasteiger partial charge in [0.05, 0.1) is 0 Å². The van der Waals surface area contributed by atoms with Gasteiger partial charge in [-0.3, -0.25) is 4.79 Å². The summed E-state index contributed by atoms with van der Waals surface area (Å²) >= 11 is 0. The first-order valence-corrected chi connectivity index (χ1v) is 5.44. The fourth-order valence-corrected chi connectivity index (χ4v) is 3.00. The van der Waals surface area contributed by atoms with Gasteiger partial charge in [0, 0.05) is 12.1 Å². The predicted octanol–water partition coefficient (Wildman–Crippen LogP) is -0.408. The second kappa shape index (κ2) is 3.87. The molecule has 4 heteroatoms. The smallest absolute Gasteiger partial charge is 0.207 e. The Hall–Kier alpha value is -0.610. The van der Waals surface area contributed by atoms with Crippen molar-refractivity contribution < 1.29 is 4.79 Å². The zero-order chi connectivity index (χ0) is 10.0. The lowest BCUT2D eigenvalue weighted by atomic mass is 9.74. The van der Waals surface area contributed by atoms with E-state index in [2.05, 4.69) is 10.6 Å². The van der Waals surface area contributed by atoms with Crippen LogP contribution in [0, 0.1) is 5.41 Å². The van der Waals surface area contributed by atoms with Crippen molar-refractivity contribution in [1.29, 1.82) is 0 Å². The van der Waals surface area contributed by atoms with E-state index in [0.29, 0.717) is 5.41 Å². The fraction of sp³-hybridized carbons (Fsp3) is 0.900. The van der Waals surface area contributed by atoms with E-state index in [1.807, 2.05) is 0 Å². The maximum atomic E-state index is 10.4. The number of piperidine rings is 1. The largest absolute Gasteiger partial charge is 0.354 e. The molecule has 4 nitrogen and oxygen atoms in total. The van der Waals surface area contributed by atoms with Crippen LogP contribution in [-0.4, -0.2) is 31.6 Å². The number of nitrogens with two attached hydrogens (primary N) is 1. The van der Waals surface area contributed by atoms with Gasteiger partial charge in [0.15, 0.2) is 0 Å². The van der Waals surface area contributed by atoms with Gasteiger partial charge in [0.1, 0.15) is 0 Å². The lowest BCUT2D eigenvalue weighted by Gasteiger charge is -2.38. The van der Waals surface area contributed by atoms with Gasteiger partial charge in [0.25, 0.3) is 0 Å². The predicted molar refractivity (Wildman–Crippen MR) is 54.7 cm³/mol. The van der Waals surface area contributed by atoms with Gasteiger partial charge < -0.3 is 16.4 Å². The van der Waals surface area contributed by atoms with Crippen molar-refractivity contribution in [3.05, 3.63) is 0 Å². The molecule has 2 rings (SSSR count). The van der Waals surface area contributed by atoms with E-state index in [4.69, 9.17) is 5.73 Å². The normalized spacial score (nSPS) is 35.8. The van der Waals surface area contributed by atoms with Gasteiger partial charge in [-0.2, -0.15) is 0 Å². The zero-order valence-corrected chi connectivity index (χ0v) is 8.46. The third-order valence-corrected chi connectivity index (χ3v) is 3.98. The number of hydrogen-bond acceptors (Lipinski definition) is 3. The minimum Gasteiger partial charge on any atom is -0.354 e. The molecule has 2 atom stereocenters. The molecule has 1 aliphatic heterocycles. The molecule has 0 radical (unpaired) electrons. The summed E-state index contributed by atoms with van der Waals surface area (Å²) in [4.78, 5) is 10.4. The van der Waals surface area contributed by atoms with Crippen LogP contribution in [-0.2, 0) is 4.79 Å². The van der Waals surface area contributed by atoms with Gasteiger partial charge in [-0.1, -0.05) is 0 Å². The van der Waals surface area contributed by atoms with Crippen molar-refractivity contribution in [1.82, 2.24) is 10.6 Å². The average molecular weight is 197 g/mol. The molecule has 14 heavy (non-hydrogen) atoms. The molecule has 1 amide bonds. The molecule has 80 valence electrons. The SMILES string of the molecule is N[C@@H]1[C@@H](NC=O)CCC12CCNCC2. The van der Waals surface area contributed by atoms with Crippen molar-refractivity contribution >= 4 is 6.41 Å². The molecule has 0 aromatic rings. The monoisotopic (exact) mass is 197 g/mol. The van der Waals surface area contributed by atoms with Crippen molar-refractivity contribution in [2.45, 2.75) is 37.8 Å². The highest BCUT2D eigenvalue weighted by Crippen LogP contribution is 2.43. The van der Waals surface area contributed by atoms with Gasteiger partial charge in [-0.25, -0.2) is 0 Å². The standard InChI is InChI=1S/C10H19N3O/c11-9-8(13-7-14)1-2-10(9)3-5-12-6-4-10/h7-9,12H,1-6,11H2,(H,13,14)/t8-,9+/m0/s1. The van der Waals surface area contributed by atoms with Crippen LogP contribution in [0.25, 0.3) is 0 Å². The minimum atomic E-state index is 0.148. The molecule has 0 unspecified atom stereocenters. The Bertz CT molecular complexity index is 213. The number of hydrogen-bond donors (Lipinski definition) is 3. The molecule has 1 aliphatic carbocycles. The lowest BCUT2D eigenvalue weighted by Crippen LogP contribution is -2.52. The highest BCUT2D eigenvalue weighted by molar-refractivity contribution is 5.47. The van der Waals surface area contributed by atoms with E-state index in [0.717, 1.165) is 38.8 Å². The summed E-state index contributed by atoms with van der Waals surface area (Å²) in [5.41, 5.74) is 6.52. The maximum Gasteiger partial charge on any atom is 0.207 e. The topological polar surface area (TPSA) is 67.1 Å². The van der Waals surface area contributed by atoms with E-state index in [1.165, 1.54) is 6.42 Å². The minimum absolute atomic E-state index is 0.148. The molecule has 4 N–H and O–H groups in total. The van der Waals surface area contributed by atoms with Gasteiger partial charge in [-0.05, 0) is 44.2 Å². The van der Waals surface area contributed by atoms with Gasteiger partial charge in [0.2, 0.25) is 6.41 Å². The third kappa shape index (κ3) is 1.53. The highest BCUT2D eigenvalue weighted by Gasteiger charge is 2.46. The van der Waals surface area contributed by atoms with Gasteiger partial charge in [-0.15, -0.1) is 0 Å². The second-order valence-corrected chi connectivity index (χ2v) is 4.57. The quantitative estimate of drug-likeness (QED) is 0.527. The molecule has 1 spiro atoms. The Morgan fingerprint density at radius 2 is 2.07 bits per heavy atom. The summed E-state index contributed by atoms with van der Waals surface area (Å²) in [6.45, 7) is 2.14. The molecule has 0 bridgehead atoms. The molecule has 1 heterocycles. The first-order chi connectivity index (χ1) is 6.78. The van der Waals surface area contributed by atoms with Crippen molar-refractivity contribution in [2.24, 2.45) is 11.1 Å². The Morgan fingerprint density at radius 3 is 2.71 bits per heavy atom. The molecule has 1 saturated carbocycles. The van der Waals surface area contributed by atoms with E-state index in [1.54, 1.807) is 0 Å². The number of nitrogens with one attached hydrogen (secondary N) is 2. The Balaban J connectivity index is 2.03. The summed E-state index contributed by atoms with van der Waals surface area (Å²) in [7, 11) is 0. The molecule has 1 saturated heterocycles. The summed E-state index contributed by atoms with van der Waals surface area (Å²) < 4.78 is 0. The number of amides is 1. The first kappa shape index (κ1) is 9.93. The van der Waals surface area contributed by atoms with Crippen LogP contribution < -0.4 is 16.4 Å². The number of carbonyl (C=O) groups is 1. The maximum absolute atomic E-state index is 10.4. The second-order valence-electron chi connectivity index (χ2n) is 4.57.